The number of rotatable bonds is 5. The van der Waals surface area contributed by atoms with Crippen LogP contribution in [0.15, 0.2) is 6.07 Å². The van der Waals surface area contributed by atoms with E-state index in [4.69, 9.17) is 10.8 Å². The summed E-state index contributed by atoms with van der Waals surface area (Å²) in [5.41, 5.74) is 5.85. The van der Waals surface area contributed by atoms with Crippen molar-refractivity contribution in [3.05, 3.63) is 11.9 Å². The average Bonchev–Trinajstić information content (AvgIpc) is 2.77. The molecular weight excluding hydrogens is 228 g/mol. The topological polar surface area (TPSA) is 75.3 Å². The Balaban J connectivity index is 2.20. The van der Waals surface area contributed by atoms with Crippen LogP contribution in [0.25, 0.3) is 0 Å². The molecule has 18 heavy (non-hydrogen) atoms. The second-order valence-electron chi connectivity index (χ2n) is 4.82. The molecule has 1 aliphatic heterocycles. The standard InChI is InChI=1S/C13H22N4O/c1-2-4-12-15-11(14)9-13(16-12)17-7-3-5-10(17)6-8-18/h9-10,18H,2-8H2,1H3,(H2,14,15,16). The lowest BCUT2D eigenvalue weighted by Gasteiger charge is -2.25. The number of aliphatic hydroxyl groups excluding tert-OH is 1. The van der Waals surface area contributed by atoms with Crippen LogP contribution >= 0.6 is 0 Å². The van der Waals surface area contributed by atoms with Crippen LogP contribution in [-0.2, 0) is 6.42 Å². The zero-order valence-electron chi connectivity index (χ0n) is 11.0. The van der Waals surface area contributed by atoms with Crippen molar-refractivity contribution in [2.75, 3.05) is 23.8 Å². The minimum absolute atomic E-state index is 0.226. The Labute approximate surface area is 108 Å². The van der Waals surface area contributed by atoms with E-state index in [0.717, 1.165) is 50.3 Å². The van der Waals surface area contributed by atoms with Crippen LogP contribution in [0.4, 0.5) is 11.6 Å². The Morgan fingerprint density at radius 2 is 2.33 bits per heavy atom. The van der Waals surface area contributed by atoms with Gasteiger partial charge in [-0.2, -0.15) is 0 Å². The van der Waals surface area contributed by atoms with Gasteiger partial charge in [0.05, 0.1) is 0 Å². The highest BCUT2D eigenvalue weighted by Gasteiger charge is 2.25. The van der Waals surface area contributed by atoms with E-state index >= 15 is 0 Å². The summed E-state index contributed by atoms with van der Waals surface area (Å²) in [7, 11) is 0. The van der Waals surface area contributed by atoms with Crippen LogP contribution in [-0.4, -0.2) is 34.3 Å². The highest BCUT2D eigenvalue weighted by atomic mass is 16.3. The molecule has 100 valence electrons. The van der Waals surface area contributed by atoms with Crippen molar-refractivity contribution in [1.29, 1.82) is 0 Å². The maximum atomic E-state index is 9.10. The van der Waals surface area contributed by atoms with Gasteiger partial charge in [0, 0.05) is 31.7 Å². The van der Waals surface area contributed by atoms with Crippen LogP contribution in [0.2, 0.25) is 0 Å². The van der Waals surface area contributed by atoms with Crippen molar-refractivity contribution in [2.24, 2.45) is 0 Å². The van der Waals surface area contributed by atoms with Crippen molar-refractivity contribution in [3.8, 4) is 0 Å². The molecule has 0 saturated carbocycles. The molecule has 3 N–H and O–H groups in total. The summed E-state index contributed by atoms with van der Waals surface area (Å²) in [5.74, 6) is 2.28. The van der Waals surface area contributed by atoms with E-state index in [2.05, 4.69) is 21.8 Å². The molecule has 5 heteroatoms. The monoisotopic (exact) mass is 250 g/mol. The van der Waals surface area contributed by atoms with Gasteiger partial charge in [0.15, 0.2) is 0 Å². The molecule has 1 atom stereocenters. The molecule has 2 rings (SSSR count). The van der Waals surface area contributed by atoms with E-state index in [9.17, 15) is 0 Å². The van der Waals surface area contributed by atoms with Gasteiger partial charge in [-0.25, -0.2) is 9.97 Å². The first-order valence-corrected chi connectivity index (χ1v) is 6.75. The fourth-order valence-corrected chi connectivity index (χ4v) is 2.57. The molecule has 1 aromatic rings. The Kier molecular flexibility index (Phi) is 4.36. The molecular formula is C13H22N4O. The molecule has 0 bridgehead atoms. The number of nitrogens with two attached hydrogens (primary N) is 1. The van der Waals surface area contributed by atoms with E-state index in [1.165, 1.54) is 0 Å². The predicted octanol–water partition coefficient (Wildman–Crippen LogP) is 1.36. The van der Waals surface area contributed by atoms with Gasteiger partial charge in [0.2, 0.25) is 0 Å². The maximum Gasteiger partial charge on any atom is 0.134 e. The highest BCUT2D eigenvalue weighted by Crippen LogP contribution is 2.26. The van der Waals surface area contributed by atoms with E-state index < -0.39 is 0 Å². The fraction of sp³-hybridized carbons (Fsp3) is 0.692. The van der Waals surface area contributed by atoms with Crippen molar-refractivity contribution in [2.45, 2.75) is 45.1 Å². The second kappa shape index (κ2) is 6.00. The molecule has 1 fully saturated rings. The summed E-state index contributed by atoms with van der Waals surface area (Å²) in [6.07, 6.45) is 4.94. The zero-order valence-corrected chi connectivity index (χ0v) is 11.0. The zero-order chi connectivity index (χ0) is 13.0. The van der Waals surface area contributed by atoms with Crippen LogP contribution in [0.1, 0.15) is 38.4 Å². The van der Waals surface area contributed by atoms with Crippen LogP contribution in [0.5, 0.6) is 0 Å². The third-order valence-electron chi connectivity index (χ3n) is 3.39. The Morgan fingerprint density at radius 3 is 3.06 bits per heavy atom. The number of hydrogen-bond donors (Lipinski definition) is 2. The SMILES string of the molecule is CCCc1nc(N)cc(N2CCCC2CCO)n1. The normalized spacial score (nSPS) is 19.4. The first kappa shape index (κ1) is 13.1. The van der Waals surface area contributed by atoms with Crippen molar-refractivity contribution >= 4 is 11.6 Å². The highest BCUT2D eigenvalue weighted by molar-refractivity contribution is 5.48. The van der Waals surface area contributed by atoms with E-state index in [1.54, 1.807) is 0 Å². The molecule has 0 amide bonds. The quantitative estimate of drug-likeness (QED) is 0.825. The summed E-state index contributed by atoms with van der Waals surface area (Å²) in [4.78, 5) is 11.1. The lowest BCUT2D eigenvalue weighted by molar-refractivity contribution is 0.275. The molecule has 0 radical (unpaired) electrons. The van der Waals surface area contributed by atoms with Crippen molar-refractivity contribution in [3.63, 3.8) is 0 Å². The van der Waals surface area contributed by atoms with Gasteiger partial charge in [-0.05, 0) is 25.7 Å². The fourth-order valence-electron chi connectivity index (χ4n) is 2.57. The lowest BCUT2D eigenvalue weighted by atomic mass is 10.1. The molecule has 0 aliphatic carbocycles. The predicted molar refractivity (Wildman–Crippen MR) is 72.5 cm³/mol. The molecule has 5 nitrogen and oxygen atoms in total. The number of aliphatic hydroxyl groups is 1. The number of aromatic nitrogens is 2. The summed E-state index contributed by atoms with van der Waals surface area (Å²) in [6, 6.07) is 2.23. The summed E-state index contributed by atoms with van der Waals surface area (Å²) in [5, 5.41) is 9.10. The summed E-state index contributed by atoms with van der Waals surface area (Å²) in [6.45, 7) is 3.33. The molecule has 1 unspecified atom stereocenters. The van der Waals surface area contributed by atoms with Gasteiger partial charge in [-0.3, -0.25) is 0 Å². The van der Waals surface area contributed by atoms with Crippen LogP contribution in [0.3, 0.4) is 0 Å². The number of nitrogen functional groups attached to an aromatic ring is 1. The average molecular weight is 250 g/mol. The smallest absolute Gasteiger partial charge is 0.134 e. The van der Waals surface area contributed by atoms with E-state index in [1.807, 2.05) is 6.07 Å². The first-order valence-electron chi connectivity index (χ1n) is 6.75. The number of anilines is 2. The molecule has 0 spiro atoms. The molecule has 0 aromatic carbocycles. The second-order valence-corrected chi connectivity index (χ2v) is 4.82. The van der Waals surface area contributed by atoms with Crippen LogP contribution < -0.4 is 10.6 Å². The first-order chi connectivity index (χ1) is 8.74. The van der Waals surface area contributed by atoms with E-state index in [0.29, 0.717) is 11.9 Å². The summed E-state index contributed by atoms with van der Waals surface area (Å²) >= 11 is 0. The Bertz CT molecular complexity index is 397. The largest absolute Gasteiger partial charge is 0.396 e. The molecule has 1 saturated heterocycles. The van der Waals surface area contributed by atoms with Gasteiger partial charge in [0.25, 0.3) is 0 Å². The Hall–Kier alpha value is -1.36. The third-order valence-corrected chi connectivity index (χ3v) is 3.39. The minimum Gasteiger partial charge on any atom is -0.396 e. The number of aryl methyl sites for hydroxylation is 1. The van der Waals surface area contributed by atoms with Gasteiger partial charge < -0.3 is 15.7 Å². The third kappa shape index (κ3) is 2.90. The van der Waals surface area contributed by atoms with Gasteiger partial charge in [-0.15, -0.1) is 0 Å². The van der Waals surface area contributed by atoms with Gasteiger partial charge >= 0.3 is 0 Å². The molecule has 2 heterocycles. The van der Waals surface area contributed by atoms with E-state index in [-0.39, 0.29) is 6.61 Å². The van der Waals surface area contributed by atoms with Crippen LogP contribution in [0, 0.1) is 0 Å². The lowest BCUT2D eigenvalue weighted by Crippen LogP contribution is -2.31. The summed E-state index contributed by atoms with van der Waals surface area (Å²) < 4.78 is 0. The van der Waals surface area contributed by atoms with Crippen molar-refractivity contribution in [1.82, 2.24) is 9.97 Å². The maximum absolute atomic E-state index is 9.10. The minimum atomic E-state index is 0.226. The van der Waals surface area contributed by atoms with Gasteiger partial charge in [0.1, 0.15) is 17.5 Å². The number of hydrogen-bond acceptors (Lipinski definition) is 5. The van der Waals surface area contributed by atoms with Gasteiger partial charge in [-0.1, -0.05) is 6.92 Å². The Morgan fingerprint density at radius 1 is 1.50 bits per heavy atom. The number of nitrogens with zero attached hydrogens (tertiary/aromatic N) is 3. The molecule has 1 aromatic heterocycles. The molecule has 1 aliphatic rings. The van der Waals surface area contributed by atoms with Crippen molar-refractivity contribution < 1.29 is 5.11 Å².